The van der Waals surface area contributed by atoms with Crippen molar-refractivity contribution in [2.75, 3.05) is 93.0 Å². The Bertz CT molecular complexity index is 2240. The lowest BCUT2D eigenvalue weighted by atomic mass is 9.72. The van der Waals surface area contributed by atoms with Gasteiger partial charge in [0.2, 0.25) is 0 Å². The normalized spacial score (nSPS) is 16.6. The Morgan fingerprint density at radius 3 is 1.33 bits per heavy atom. The second-order valence-electron chi connectivity index (χ2n) is 19.5. The zero-order chi connectivity index (χ0) is 52.1. The minimum Gasteiger partial charge on any atom is -0.490 e. The van der Waals surface area contributed by atoms with Crippen molar-refractivity contribution in [1.29, 1.82) is 0 Å². The van der Waals surface area contributed by atoms with Crippen LogP contribution in [0, 0.1) is 0 Å². The second-order valence-corrected chi connectivity index (χ2v) is 19.5. The topological polar surface area (TPSA) is 163 Å². The zero-order valence-corrected chi connectivity index (χ0v) is 44.4. The first-order valence-electron chi connectivity index (χ1n) is 25.0. The predicted octanol–water partition coefficient (Wildman–Crippen LogP) is 7.94. The van der Waals surface area contributed by atoms with E-state index in [4.69, 9.17) is 66.3 Å². The molecule has 0 bridgehead atoms. The largest absolute Gasteiger partial charge is 0.494 e. The molecule has 2 aliphatic rings. The second kappa shape index (κ2) is 25.6. The van der Waals surface area contributed by atoms with E-state index >= 15 is 0 Å². The molecule has 4 aromatic rings. The van der Waals surface area contributed by atoms with Crippen LogP contribution in [0.2, 0.25) is 0 Å². The third-order valence-corrected chi connectivity index (χ3v) is 13.2. The highest BCUT2D eigenvalue weighted by Crippen LogP contribution is 2.42. The van der Waals surface area contributed by atoms with E-state index in [2.05, 4.69) is 0 Å². The van der Waals surface area contributed by atoms with Crippen LogP contribution in [0.3, 0.4) is 0 Å². The number of esters is 2. The van der Waals surface area contributed by atoms with E-state index in [9.17, 15) is 9.59 Å². The quantitative estimate of drug-likeness (QED) is 0.0177. The van der Waals surface area contributed by atoms with Crippen LogP contribution in [-0.2, 0) is 56.7 Å². The van der Waals surface area contributed by atoms with Gasteiger partial charge in [0.15, 0.2) is 5.75 Å². The highest BCUT2D eigenvalue weighted by Gasteiger charge is 2.53. The maximum Gasteiger partial charge on any atom is 0.494 e. The third kappa shape index (κ3) is 14.0. The van der Waals surface area contributed by atoms with Gasteiger partial charge in [-0.2, -0.15) is 4.89 Å². The van der Waals surface area contributed by atoms with Crippen molar-refractivity contribution >= 4 is 47.9 Å². The van der Waals surface area contributed by atoms with Crippen molar-refractivity contribution in [2.45, 2.75) is 105 Å². The van der Waals surface area contributed by atoms with Crippen LogP contribution in [-0.4, -0.2) is 142 Å². The molecule has 0 unspecified atom stereocenters. The van der Waals surface area contributed by atoms with E-state index in [-0.39, 0.29) is 56.5 Å². The summed E-state index contributed by atoms with van der Waals surface area (Å²) in [5.74, 6) is -0.640. The van der Waals surface area contributed by atoms with Crippen molar-refractivity contribution < 1.29 is 75.9 Å². The molecule has 72 heavy (non-hydrogen) atoms. The maximum absolute atomic E-state index is 13.8. The summed E-state index contributed by atoms with van der Waals surface area (Å²) in [7, 11) is 0.0674. The minimum atomic E-state index is -0.778. The van der Waals surface area contributed by atoms with Gasteiger partial charge >= 0.3 is 26.2 Å². The molecule has 16 nitrogen and oxygen atoms in total. The van der Waals surface area contributed by atoms with Crippen LogP contribution in [0.5, 0.6) is 11.5 Å². The van der Waals surface area contributed by atoms with E-state index in [0.717, 1.165) is 39.2 Å². The summed E-state index contributed by atoms with van der Waals surface area (Å²) in [5, 5.41) is 1.56. The summed E-state index contributed by atoms with van der Waals surface area (Å²) in [6, 6.07) is 18.8. The average Bonchev–Trinajstić information content (AvgIpc) is 3.71. The number of carbonyl (C=O) groups excluding carboxylic acids is 2. The molecule has 0 aromatic heterocycles. The van der Waals surface area contributed by atoms with E-state index in [1.165, 1.54) is 0 Å². The number of hydrogen-bond acceptors (Lipinski definition) is 16. The predicted molar refractivity (Wildman–Crippen MR) is 276 cm³/mol. The molecule has 0 aliphatic carbocycles. The van der Waals surface area contributed by atoms with Crippen LogP contribution >= 0.6 is 0 Å². The van der Waals surface area contributed by atoms with Crippen LogP contribution in [0.25, 0.3) is 33.0 Å². The molecule has 392 valence electrons. The lowest BCUT2D eigenvalue weighted by Gasteiger charge is -2.32. The van der Waals surface area contributed by atoms with E-state index in [0.29, 0.717) is 63.1 Å². The number of benzene rings is 4. The summed E-state index contributed by atoms with van der Waals surface area (Å²) in [6.45, 7) is 26.0. The molecule has 0 amide bonds. The first-order chi connectivity index (χ1) is 34.4. The summed E-state index contributed by atoms with van der Waals surface area (Å²) >= 11 is 0. The molecule has 6 rings (SSSR count). The van der Waals surface area contributed by atoms with Crippen LogP contribution in [0.15, 0.2) is 60.7 Å². The molecule has 4 aromatic carbocycles. The van der Waals surface area contributed by atoms with Crippen molar-refractivity contribution in [2.24, 2.45) is 0 Å². The van der Waals surface area contributed by atoms with Gasteiger partial charge in [-0.25, -0.2) is 9.59 Å². The monoisotopic (exact) mass is 1000 g/mol. The van der Waals surface area contributed by atoms with Gasteiger partial charge in [0.05, 0.1) is 88.5 Å². The number of hydrogen-bond donors (Lipinski definition) is 0. The fourth-order valence-corrected chi connectivity index (χ4v) is 7.88. The van der Waals surface area contributed by atoms with Crippen molar-refractivity contribution in [3.8, 4) is 33.8 Å². The van der Waals surface area contributed by atoms with Gasteiger partial charge in [0.25, 0.3) is 0 Å². The number of methoxy groups -OCH3 is 1. The van der Waals surface area contributed by atoms with Crippen molar-refractivity contribution in [3.05, 3.63) is 71.8 Å². The number of carbonyl (C=O) groups is 2. The first kappa shape index (κ1) is 56.7. The Kier molecular flexibility index (Phi) is 20.1. The summed E-state index contributed by atoms with van der Waals surface area (Å²) in [5.41, 5.74) is 1.99. The first-order valence-corrected chi connectivity index (χ1v) is 25.0. The molecule has 0 atom stereocenters. The Labute approximate surface area is 426 Å². The molecular weight excluding hydrogens is 926 g/mol. The minimum absolute atomic E-state index is 0.105. The van der Waals surface area contributed by atoms with E-state index in [1.807, 2.05) is 98.7 Å². The Morgan fingerprint density at radius 1 is 0.486 bits per heavy atom. The molecule has 2 fully saturated rings. The Morgan fingerprint density at radius 2 is 0.889 bits per heavy atom. The van der Waals surface area contributed by atoms with Gasteiger partial charge in [-0.15, -0.1) is 0 Å². The summed E-state index contributed by atoms with van der Waals surface area (Å²) in [6.07, 6.45) is 0.930. The van der Waals surface area contributed by atoms with Gasteiger partial charge < -0.3 is 61.4 Å². The average molecular weight is 1000 g/mol. The summed E-state index contributed by atoms with van der Waals surface area (Å²) < 4.78 is 71.4. The molecular formula is C54H74B2O16. The summed E-state index contributed by atoms with van der Waals surface area (Å²) in [4.78, 5) is 38.9. The molecule has 0 spiro atoms. The molecule has 2 aliphatic heterocycles. The van der Waals surface area contributed by atoms with E-state index < -0.39 is 48.6 Å². The van der Waals surface area contributed by atoms with Crippen molar-refractivity contribution in [1.82, 2.24) is 0 Å². The Hall–Kier alpha value is -4.59. The molecule has 0 N–H and O–H groups in total. The Balaban J connectivity index is 1.49. The molecule has 0 saturated carbocycles. The fourth-order valence-electron chi connectivity index (χ4n) is 7.88. The smallest absolute Gasteiger partial charge is 0.490 e. The van der Waals surface area contributed by atoms with Gasteiger partial charge in [-0.1, -0.05) is 43.3 Å². The van der Waals surface area contributed by atoms with E-state index in [1.54, 1.807) is 45.2 Å². The van der Waals surface area contributed by atoms with Gasteiger partial charge in [0, 0.05) is 13.7 Å². The maximum atomic E-state index is 13.8. The highest BCUT2D eigenvalue weighted by atomic mass is 17.2. The SMILES string of the molecule is CCCOCCOCCOOc1ccc(-c2cc(B3OC(C)(C)C(C)(C)O3)cc3c(-c4ccc(OCCOCCOCCOC)c(C(=O)OCC)c4)cc(B4OC(C)(C)C(C)(C)O4)cc23)cc1C(=O)OCC. The molecule has 2 heterocycles. The lowest BCUT2D eigenvalue weighted by Crippen LogP contribution is -2.41. The molecule has 2 saturated heterocycles. The van der Waals surface area contributed by atoms with Crippen LogP contribution in [0.4, 0.5) is 0 Å². The number of rotatable bonds is 28. The molecule has 18 heteroatoms. The van der Waals surface area contributed by atoms with Crippen molar-refractivity contribution in [3.63, 3.8) is 0 Å². The number of ether oxygens (including phenoxy) is 8. The van der Waals surface area contributed by atoms with Crippen LogP contribution < -0.4 is 20.6 Å². The zero-order valence-electron chi connectivity index (χ0n) is 44.4. The lowest BCUT2D eigenvalue weighted by molar-refractivity contribution is -0.215. The molecule has 0 radical (unpaired) electrons. The van der Waals surface area contributed by atoms with Gasteiger partial charge in [-0.3, -0.25) is 0 Å². The van der Waals surface area contributed by atoms with Crippen LogP contribution in [0.1, 0.15) is 103 Å². The number of fused-ring (bicyclic) bond motifs is 1. The van der Waals surface area contributed by atoms with Gasteiger partial charge in [0.1, 0.15) is 30.1 Å². The third-order valence-electron chi connectivity index (χ3n) is 13.2. The highest BCUT2D eigenvalue weighted by molar-refractivity contribution is 6.64. The van der Waals surface area contributed by atoms with Gasteiger partial charge in [-0.05, 0) is 144 Å². The fraction of sp³-hybridized carbons (Fsp3) is 0.556. The standard InChI is InChI=1S/C54H74B2O16/c1-13-20-60-23-24-63-28-30-67-68-48-19-17-38(32-46(48)50(58)65-15-3)42-34-40(56-71-53(8,9)54(10,11)72-56)35-43-41(33-39(36-44(42)43)55-69-51(4,5)52(6,7)70-55)37-16-18-47(45(31-37)49(57)64-14-2)66-29-27-62-26-25-61-22-21-59-12/h16-19,31-36H,13-15,20-30H2,1-12H3.